The molecule has 2 aromatic heterocycles. The molecule has 0 amide bonds. The maximum absolute atomic E-state index is 13.6. The second kappa shape index (κ2) is 10.1. The number of likely N-dealkylation sites (tertiary alicyclic amines) is 1. The molecule has 8 heteroatoms. The molecule has 188 valence electrons. The van der Waals surface area contributed by atoms with Gasteiger partial charge in [-0.05, 0) is 94.8 Å². The largest absolute Gasteiger partial charge is 0.293 e. The summed E-state index contributed by atoms with van der Waals surface area (Å²) in [6.07, 6.45) is 4.30. The molecule has 0 spiro atoms. The number of hydrogen-bond acceptors (Lipinski definition) is 5. The Bertz CT molecular complexity index is 1250. The molecule has 0 unspecified atom stereocenters. The van der Waals surface area contributed by atoms with E-state index < -0.39 is 10.0 Å². The topological polar surface area (TPSA) is 62.3 Å². The van der Waals surface area contributed by atoms with Crippen molar-refractivity contribution in [1.82, 2.24) is 14.6 Å². The quantitative estimate of drug-likeness (QED) is 0.412. The van der Waals surface area contributed by atoms with Crippen LogP contribution in [0.2, 0.25) is 0 Å². The van der Waals surface area contributed by atoms with Crippen molar-refractivity contribution in [3.8, 4) is 0 Å². The van der Waals surface area contributed by atoms with Crippen LogP contribution in [-0.2, 0) is 22.0 Å². The monoisotopic (exact) mass is 515 g/mol. The normalized spacial score (nSPS) is 19.3. The molecule has 0 saturated carbocycles. The molecule has 1 aromatic carbocycles. The minimum absolute atomic E-state index is 0.185. The molecule has 5 nitrogen and oxygen atoms in total. The minimum Gasteiger partial charge on any atom is -0.293 e. The summed E-state index contributed by atoms with van der Waals surface area (Å²) in [7, 11) is -3.63. The smallest absolute Gasteiger partial charge is 0.240 e. The van der Waals surface area contributed by atoms with E-state index in [1.807, 2.05) is 44.3 Å². The average molecular weight is 516 g/mol. The summed E-state index contributed by atoms with van der Waals surface area (Å²) in [5, 5.41) is -0.185. The van der Waals surface area contributed by atoms with Crippen molar-refractivity contribution in [2.24, 2.45) is 5.41 Å². The Morgan fingerprint density at radius 1 is 1.11 bits per heavy atom. The van der Waals surface area contributed by atoms with E-state index in [0.29, 0.717) is 6.54 Å². The number of aryl methyl sites for hydroxylation is 3. The highest BCUT2D eigenvalue weighted by atomic mass is 32.2. The third-order valence-electron chi connectivity index (χ3n) is 7.35. The van der Waals surface area contributed by atoms with Gasteiger partial charge in [-0.15, -0.1) is 11.3 Å². The van der Waals surface area contributed by atoms with Gasteiger partial charge in [0.1, 0.15) is 0 Å². The van der Waals surface area contributed by atoms with Crippen LogP contribution < -0.4 is 4.72 Å². The van der Waals surface area contributed by atoms with Crippen LogP contribution in [-0.4, -0.2) is 37.9 Å². The number of nitrogens with zero attached hydrogens (tertiary/aromatic N) is 2. The van der Waals surface area contributed by atoms with Gasteiger partial charge in [-0.25, -0.2) is 13.1 Å². The number of aromatic nitrogens is 1. The lowest BCUT2D eigenvalue weighted by atomic mass is 9.82. The first-order valence-electron chi connectivity index (χ1n) is 12.0. The lowest BCUT2D eigenvalue weighted by molar-refractivity contribution is 0.128. The molecule has 35 heavy (non-hydrogen) atoms. The van der Waals surface area contributed by atoms with Crippen LogP contribution in [0.15, 0.2) is 59.6 Å². The van der Waals surface area contributed by atoms with Crippen LogP contribution in [0, 0.1) is 24.4 Å². The Morgan fingerprint density at radius 2 is 1.86 bits per heavy atom. The first-order chi connectivity index (χ1) is 16.5. The third-order valence-corrected chi connectivity index (χ3v) is 9.70. The van der Waals surface area contributed by atoms with E-state index in [2.05, 4.69) is 34.5 Å². The second-order valence-electron chi connectivity index (χ2n) is 10.3. The van der Waals surface area contributed by atoms with Crippen molar-refractivity contribution >= 4 is 21.4 Å². The lowest BCUT2D eigenvalue weighted by Crippen LogP contribution is -2.44. The van der Waals surface area contributed by atoms with Gasteiger partial charge in [0, 0.05) is 35.4 Å². The van der Waals surface area contributed by atoms with Crippen LogP contribution >= 0.6 is 11.3 Å². The molecule has 1 fully saturated rings. The number of rotatable bonds is 9. The molecular formula is C27H34FN3O2S2. The highest BCUT2D eigenvalue weighted by Crippen LogP contribution is 2.41. The van der Waals surface area contributed by atoms with E-state index in [1.165, 1.54) is 17.4 Å². The minimum atomic E-state index is -3.63. The van der Waals surface area contributed by atoms with Crippen LogP contribution in [0.25, 0.3) is 0 Å². The van der Waals surface area contributed by atoms with Crippen molar-refractivity contribution in [3.05, 3.63) is 81.6 Å². The van der Waals surface area contributed by atoms with Crippen molar-refractivity contribution < 1.29 is 12.8 Å². The van der Waals surface area contributed by atoms with Gasteiger partial charge in [-0.2, -0.15) is 4.39 Å². The number of benzene rings is 1. The Labute approximate surface area is 212 Å². The van der Waals surface area contributed by atoms with Gasteiger partial charge < -0.3 is 0 Å². The fourth-order valence-electron chi connectivity index (χ4n) is 4.78. The Kier molecular flexibility index (Phi) is 7.48. The maximum atomic E-state index is 13.6. The number of hydrogen-bond donors (Lipinski definition) is 1. The molecule has 0 radical (unpaired) electrons. The number of sulfonamides is 1. The molecule has 1 aliphatic rings. The van der Waals surface area contributed by atoms with E-state index in [1.54, 1.807) is 12.1 Å². The van der Waals surface area contributed by atoms with Gasteiger partial charge in [0.25, 0.3) is 0 Å². The van der Waals surface area contributed by atoms with E-state index in [-0.39, 0.29) is 21.0 Å². The van der Waals surface area contributed by atoms with Gasteiger partial charge in [0.05, 0.1) is 4.90 Å². The number of nitrogens with one attached hydrogen (secondary N) is 1. The van der Waals surface area contributed by atoms with Crippen LogP contribution in [0.5, 0.6) is 0 Å². The van der Waals surface area contributed by atoms with Crippen LogP contribution in [0.4, 0.5) is 4.39 Å². The Morgan fingerprint density at radius 3 is 2.49 bits per heavy atom. The first-order valence-corrected chi connectivity index (χ1v) is 14.3. The zero-order chi connectivity index (χ0) is 25.3. The molecule has 1 saturated heterocycles. The highest BCUT2D eigenvalue weighted by molar-refractivity contribution is 7.89. The second-order valence-corrected chi connectivity index (χ2v) is 13.1. The van der Waals surface area contributed by atoms with Gasteiger partial charge >= 0.3 is 0 Å². The maximum Gasteiger partial charge on any atom is 0.240 e. The summed E-state index contributed by atoms with van der Waals surface area (Å²) in [6, 6.07) is 14.4. The number of halogens is 1. The van der Waals surface area contributed by atoms with E-state index in [0.717, 1.165) is 54.0 Å². The summed E-state index contributed by atoms with van der Waals surface area (Å²) in [5.74, 6) is 0. The lowest BCUT2D eigenvalue weighted by Gasteiger charge is -2.38. The van der Waals surface area contributed by atoms with Crippen molar-refractivity contribution in [2.45, 2.75) is 57.4 Å². The molecule has 0 aliphatic carbocycles. The molecule has 0 bridgehead atoms. The zero-order valence-corrected chi connectivity index (χ0v) is 22.5. The predicted octanol–water partition coefficient (Wildman–Crippen LogP) is 5.44. The molecular weight excluding hydrogens is 481 g/mol. The summed E-state index contributed by atoms with van der Waals surface area (Å²) in [6.45, 7) is 10.2. The fraction of sp³-hybridized carbons (Fsp3) is 0.444. The average Bonchev–Trinajstić information content (AvgIpc) is 3.44. The highest BCUT2D eigenvalue weighted by Gasteiger charge is 2.44. The van der Waals surface area contributed by atoms with Gasteiger partial charge in [0.2, 0.25) is 10.0 Å². The molecule has 4 rings (SSSR count). The number of pyridine rings is 1. The predicted molar refractivity (Wildman–Crippen MR) is 140 cm³/mol. The molecule has 3 aromatic rings. The first kappa shape index (κ1) is 25.9. The summed E-state index contributed by atoms with van der Waals surface area (Å²) < 4.78 is 42.6. The van der Waals surface area contributed by atoms with E-state index in [4.69, 9.17) is 0 Å². The van der Waals surface area contributed by atoms with E-state index in [9.17, 15) is 12.8 Å². The molecule has 3 heterocycles. The summed E-state index contributed by atoms with van der Waals surface area (Å²) in [4.78, 5) is 8.18. The zero-order valence-electron chi connectivity index (χ0n) is 20.8. The third kappa shape index (κ3) is 6.00. The molecule has 1 atom stereocenters. The van der Waals surface area contributed by atoms with Crippen molar-refractivity contribution in [1.29, 1.82) is 0 Å². The van der Waals surface area contributed by atoms with Crippen molar-refractivity contribution in [2.75, 3.05) is 19.6 Å². The van der Waals surface area contributed by atoms with Crippen LogP contribution in [0.3, 0.4) is 0 Å². The van der Waals surface area contributed by atoms with Crippen LogP contribution in [0.1, 0.15) is 48.4 Å². The molecule has 1 N–H and O–H groups in total. The van der Waals surface area contributed by atoms with Gasteiger partial charge in [-0.3, -0.25) is 9.88 Å². The summed E-state index contributed by atoms with van der Waals surface area (Å²) >= 11 is 1.17. The van der Waals surface area contributed by atoms with E-state index >= 15 is 0 Å². The standard InChI is InChI=1S/C27H34FN3O2S2/c1-20-5-10-24(11-6-20)35(32,33)30-18-27(14-13-23-9-12-25(28)34-23)15-16-31(19-27)26(3,4)22-8-7-21(2)29-17-22/h5-12,17,30H,13-16,18-19H2,1-4H3/t27-/m0/s1. The Hall–Kier alpha value is -2.13. The van der Waals surface area contributed by atoms with Gasteiger partial charge in [0.15, 0.2) is 5.13 Å². The number of thiophene rings is 1. The summed E-state index contributed by atoms with van der Waals surface area (Å²) in [5.41, 5.74) is 2.64. The SMILES string of the molecule is Cc1ccc(S(=O)(=O)NC[C@]2(CCc3ccc(F)s3)CCN(C(C)(C)c3ccc(C)nc3)C2)cc1. The Balaban J connectivity index is 1.55. The fourth-order valence-corrected chi connectivity index (χ4v) is 6.67. The van der Waals surface area contributed by atoms with Crippen molar-refractivity contribution in [3.63, 3.8) is 0 Å². The molecule has 1 aliphatic heterocycles. The van der Waals surface area contributed by atoms with Gasteiger partial charge in [-0.1, -0.05) is 23.8 Å².